The van der Waals surface area contributed by atoms with Gasteiger partial charge in [0, 0.05) is 26.2 Å². The Kier molecular flexibility index (Phi) is 6.46. The number of morpholine rings is 1. The van der Waals surface area contributed by atoms with E-state index < -0.39 is 0 Å². The zero-order valence-corrected chi connectivity index (χ0v) is 13.1. The van der Waals surface area contributed by atoms with E-state index in [1.807, 2.05) is 0 Å². The predicted octanol–water partition coefficient (Wildman–Crippen LogP) is 1.74. The summed E-state index contributed by atoms with van der Waals surface area (Å²) in [7, 11) is 0. The van der Waals surface area contributed by atoms with E-state index in [1.54, 1.807) is 0 Å². The predicted molar refractivity (Wildman–Crippen MR) is 85.0 cm³/mol. The van der Waals surface area contributed by atoms with Crippen molar-refractivity contribution in [1.29, 1.82) is 0 Å². The molecule has 1 aliphatic rings. The SMILES string of the molecule is CCCCNc1nc(NCCC)nc(N2CCOCC2)n1. The molecular weight excluding hydrogens is 268 g/mol. The molecule has 0 spiro atoms. The maximum atomic E-state index is 5.38. The van der Waals surface area contributed by atoms with Crippen LogP contribution in [0.2, 0.25) is 0 Å². The van der Waals surface area contributed by atoms with Crippen molar-refractivity contribution in [3.63, 3.8) is 0 Å². The van der Waals surface area contributed by atoms with E-state index in [-0.39, 0.29) is 0 Å². The van der Waals surface area contributed by atoms with E-state index in [2.05, 4.69) is 44.3 Å². The fourth-order valence-electron chi connectivity index (χ4n) is 2.04. The van der Waals surface area contributed by atoms with Crippen LogP contribution < -0.4 is 15.5 Å². The van der Waals surface area contributed by atoms with Crippen molar-refractivity contribution in [3.05, 3.63) is 0 Å². The number of hydrogen-bond donors (Lipinski definition) is 2. The van der Waals surface area contributed by atoms with Crippen LogP contribution in [0.25, 0.3) is 0 Å². The molecule has 2 heterocycles. The Balaban J connectivity index is 2.10. The third-order valence-electron chi connectivity index (χ3n) is 3.26. The molecule has 2 N–H and O–H groups in total. The van der Waals surface area contributed by atoms with Crippen LogP contribution in [0, 0.1) is 0 Å². The fraction of sp³-hybridized carbons (Fsp3) is 0.786. The lowest BCUT2D eigenvalue weighted by molar-refractivity contribution is 0.122. The molecule has 0 radical (unpaired) electrons. The Morgan fingerprint density at radius 1 is 0.952 bits per heavy atom. The highest BCUT2D eigenvalue weighted by Gasteiger charge is 2.16. The first kappa shape index (κ1) is 15.8. The van der Waals surface area contributed by atoms with Crippen molar-refractivity contribution in [2.75, 3.05) is 54.9 Å². The van der Waals surface area contributed by atoms with Crippen LogP contribution in [0.1, 0.15) is 33.1 Å². The summed E-state index contributed by atoms with van der Waals surface area (Å²) in [4.78, 5) is 15.6. The van der Waals surface area contributed by atoms with Gasteiger partial charge in [0.2, 0.25) is 17.8 Å². The second-order valence-corrected chi connectivity index (χ2v) is 5.09. The summed E-state index contributed by atoms with van der Waals surface area (Å²) in [5.41, 5.74) is 0. The molecule has 0 aliphatic carbocycles. The lowest BCUT2D eigenvalue weighted by atomic mass is 10.3. The average Bonchev–Trinajstić information content (AvgIpc) is 2.54. The Hall–Kier alpha value is -1.63. The Morgan fingerprint density at radius 3 is 2.24 bits per heavy atom. The van der Waals surface area contributed by atoms with Crippen LogP contribution in [0.5, 0.6) is 0 Å². The zero-order valence-electron chi connectivity index (χ0n) is 13.1. The average molecular weight is 294 g/mol. The molecule has 2 rings (SSSR count). The Morgan fingerprint density at radius 2 is 1.62 bits per heavy atom. The normalized spacial score (nSPS) is 15.0. The van der Waals surface area contributed by atoms with Crippen LogP contribution in [0.4, 0.5) is 17.8 Å². The second-order valence-electron chi connectivity index (χ2n) is 5.09. The molecule has 1 saturated heterocycles. The minimum atomic E-state index is 0.646. The first-order chi connectivity index (χ1) is 10.3. The highest BCUT2D eigenvalue weighted by Crippen LogP contribution is 2.15. The summed E-state index contributed by atoms with van der Waals surface area (Å²) in [6, 6.07) is 0. The number of unbranched alkanes of at least 4 members (excludes halogenated alkanes) is 1. The quantitative estimate of drug-likeness (QED) is 0.707. The second kappa shape index (κ2) is 8.61. The van der Waals surface area contributed by atoms with E-state index in [0.717, 1.165) is 64.6 Å². The lowest BCUT2D eigenvalue weighted by Crippen LogP contribution is -2.37. The molecule has 0 bridgehead atoms. The third-order valence-corrected chi connectivity index (χ3v) is 3.26. The fourth-order valence-corrected chi connectivity index (χ4v) is 2.04. The number of nitrogens with zero attached hydrogens (tertiary/aromatic N) is 4. The summed E-state index contributed by atoms with van der Waals surface area (Å²) in [6.07, 6.45) is 3.29. The number of rotatable bonds is 8. The van der Waals surface area contributed by atoms with Gasteiger partial charge in [-0.3, -0.25) is 0 Å². The number of anilines is 3. The molecule has 1 aromatic heterocycles. The van der Waals surface area contributed by atoms with Crippen LogP contribution in [0.15, 0.2) is 0 Å². The minimum Gasteiger partial charge on any atom is -0.378 e. The van der Waals surface area contributed by atoms with E-state index in [1.165, 1.54) is 0 Å². The van der Waals surface area contributed by atoms with Crippen LogP contribution in [-0.4, -0.2) is 54.3 Å². The Bertz CT molecular complexity index is 422. The molecule has 7 heteroatoms. The van der Waals surface area contributed by atoms with E-state index in [0.29, 0.717) is 11.9 Å². The van der Waals surface area contributed by atoms with E-state index >= 15 is 0 Å². The van der Waals surface area contributed by atoms with Gasteiger partial charge in [-0.15, -0.1) is 0 Å². The van der Waals surface area contributed by atoms with Gasteiger partial charge in [-0.2, -0.15) is 15.0 Å². The van der Waals surface area contributed by atoms with Crippen molar-refractivity contribution in [2.45, 2.75) is 33.1 Å². The van der Waals surface area contributed by atoms with Gasteiger partial charge >= 0.3 is 0 Å². The van der Waals surface area contributed by atoms with Gasteiger partial charge in [0.05, 0.1) is 13.2 Å². The first-order valence-corrected chi connectivity index (χ1v) is 7.90. The summed E-state index contributed by atoms with van der Waals surface area (Å²) in [5, 5.41) is 6.53. The highest BCUT2D eigenvalue weighted by atomic mass is 16.5. The molecule has 0 atom stereocenters. The first-order valence-electron chi connectivity index (χ1n) is 7.90. The van der Waals surface area contributed by atoms with E-state index in [4.69, 9.17) is 4.74 Å². The van der Waals surface area contributed by atoms with Gasteiger partial charge in [0.1, 0.15) is 0 Å². The van der Waals surface area contributed by atoms with Crippen molar-refractivity contribution >= 4 is 17.8 Å². The summed E-state index contributed by atoms with van der Waals surface area (Å²) in [6.45, 7) is 9.14. The monoisotopic (exact) mass is 294 g/mol. The van der Waals surface area contributed by atoms with Gasteiger partial charge in [-0.25, -0.2) is 0 Å². The number of ether oxygens (including phenoxy) is 1. The summed E-state index contributed by atoms with van der Waals surface area (Å²) >= 11 is 0. The van der Waals surface area contributed by atoms with Gasteiger partial charge in [-0.05, 0) is 12.8 Å². The highest BCUT2D eigenvalue weighted by molar-refractivity contribution is 5.44. The topological polar surface area (TPSA) is 75.2 Å². The molecule has 21 heavy (non-hydrogen) atoms. The maximum Gasteiger partial charge on any atom is 0.232 e. The smallest absolute Gasteiger partial charge is 0.232 e. The summed E-state index contributed by atoms with van der Waals surface area (Å²) in [5.74, 6) is 2.02. The van der Waals surface area contributed by atoms with Crippen molar-refractivity contribution in [1.82, 2.24) is 15.0 Å². The van der Waals surface area contributed by atoms with Crippen LogP contribution >= 0.6 is 0 Å². The molecule has 1 fully saturated rings. The summed E-state index contributed by atoms with van der Waals surface area (Å²) < 4.78 is 5.38. The molecule has 118 valence electrons. The molecule has 7 nitrogen and oxygen atoms in total. The minimum absolute atomic E-state index is 0.646. The van der Waals surface area contributed by atoms with E-state index in [9.17, 15) is 0 Å². The zero-order chi connectivity index (χ0) is 14.9. The van der Waals surface area contributed by atoms with Crippen molar-refractivity contribution in [2.24, 2.45) is 0 Å². The number of hydrogen-bond acceptors (Lipinski definition) is 7. The number of aromatic nitrogens is 3. The standard InChI is InChI=1S/C14H26N6O/c1-3-5-7-16-13-17-12(15-6-4-2)18-14(19-13)20-8-10-21-11-9-20/h3-11H2,1-2H3,(H2,15,16,17,18,19). The molecule has 1 aliphatic heterocycles. The van der Waals surface area contributed by atoms with Crippen LogP contribution in [0.3, 0.4) is 0 Å². The molecule has 0 aromatic carbocycles. The molecular formula is C14H26N6O. The van der Waals surface area contributed by atoms with Gasteiger partial charge in [0.25, 0.3) is 0 Å². The Labute approximate surface area is 126 Å². The van der Waals surface area contributed by atoms with Gasteiger partial charge < -0.3 is 20.3 Å². The maximum absolute atomic E-state index is 5.38. The molecule has 0 saturated carbocycles. The molecule has 0 unspecified atom stereocenters. The van der Waals surface area contributed by atoms with Crippen LogP contribution in [-0.2, 0) is 4.74 Å². The van der Waals surface area contributed by atoms with Gasteiger partial charge in [0.15, 0.2) is 0 Å². The number of nitrogens with one attached hydrogen (secondary N) is 2. The third kappa shape index (κ3) is 5.00. The molecule has 0 amide bonds. The van der Waals surface area contributed by atoms with Gasteiger partial charge in [-0.1, -0.05) is 20.3 Å². The largest absolute Gasteiger partial charge is 0.378 e. The van der Waals surface area contributed by atoms with Crippen molar-refractivity contribution < 1.29 is 4.74 Å². The lowest BCUT2D eigenvalue weighted by Gasteiger charge is -2.27. The van der Waals surface area contributed by atoms with Crippen molar-refractivity contribution in [3.8, 4) is 0 Å². The molecule has 1 aromatic rings.